The molecule has 1 aromatic carbocycles. The van der Waals surface area contributed by atoms with Crippen LogP contribution in [0, 0.1) is 0 Å². The minimum Gasteiger partial charge on any atom is -0.508 e. The van der Waals surface area contributed by atoms with Crippen molar-refractivity contribution in [3.63, 3.8) is 0 Å². The highest BCUT2D eigenvalue weighted by Gasteiger charge is 2.29. The molecule has 0 bridgehead atoms. The average molecular weight is 246 g/mol. The van der Waals surface area contributed by atoms with Crippen LogP contribution in [0.5, 0.6) is 11.5 Å². The normalized spacial score (nSPS) is 12.7. The largest absolute Gasteiger partial charge is 0.508 e. The van der Waals surface area contributed by atoms with E-state index in [1.54, 1.807) is 13.8 Å². The van der Waals surface area contributed by atoms with E-state index in [-0.39, 0.29) is 11.5 Å². The van der Waals surface area contributed by atoms with Crippen molar-refractivity contribution < 1.29 is 23.2 Å². The van der Waals surface area contributed by atoms with Gasteiger partial charge in [0.05, 0.1) is 5.75 Å². The van der Waals surface area contributed by atoms with Crippen molar-refractivity contribution in [1.82, 2.24) is 0 Å². The highest BCUT2D eigenvalue weighted by molar-refractivity contribution is 7.85. The Morgan fingerprint density at radius 1 is 1.25 bits per heavy atom. The third-order valence-corrected chi connectivity index (χ3v) is 3.34. The molecule has 0 radical (unpaired) electrons. The summed E-state index contributed by atoms with van der Waals surface area (Å²) in [4.78, 5) is 0. The number of aromatic hydroxyl groups is 2. The van der Waals surface area contributed by atoms with E-state index in [4.69, 9.17) is 9.66 Å². The van der Waals surface area contributed by atoms with E-state index in [0.29, 0.717) is 5.56 Å². The van der Waals surface area contributed by atoms with Gasteiger partial charge in [0, 0.05) is 17.0 Å². The minimum absolute atomic E-state index is 0.107. The van der Waals surface area contributed by atoms with Crippen molar-refractivity contribution in [2.45, 2.75) is 19.3 Å². The summed E-state index contributed by atoms with van der Waals surface area (Å²) in [5, 5.41) is 18.7. The van der Waals surface area contributed by atoms with Crippen molar-refractivity contribution in [1.29, 1.82) is 0 Å². The van der Waals surface area contributed by atoms with Crippen LogP contribution in [-0.2, 0) is 15.5 Å². The van der Waals surface area contributed by atoms with Gasteiger partial charge in [0.2, 0.25) is 0 Å². The van der Waals surface area contributed by atoms with Crippen LogP contribution in [0.4, 0.5) is 0 Å². The summed E-state index contributed by atoms with van der Waals surface area (Å²) >= 11 is 0. The highest BCUT2D eigenvalue weighted by Crippen LogP contribution is 2.34. The van der Waals surface area contributed by atoms with Crippen LogP contribution in [0.1, 0.15) is 19.4 Å². The second-order valence-corrected chi connectivity index (χ2v) is 5.76. The second kappa shape index (κ2) is 3.95. The monoisotopic (exact) mass is 246 g/mol. The Morgan fingerprint density at radius 3 is 2.25 bits per heavy atom. The van der Waals surface area contributed by atoms with Gasteiger partial charge in [0.15, 0.2) is 0 Å². The number of hydrogen-bond donors (Lipinski definition) is 3. The van der Waals surface area contributed by atoms with Gasteiger partial charge in [-0.1, -0.05) is 19.9 Å². The number of hydrogen-bond acceptors (Lipinski definition) is 4. The van der Waals surface area contributed by atoms with E-state index >= 15 is 0 Å². The third kappa shape index (κ3) is 3.11. The predicted molar refractivity (Wildman–Crippen MR) is 59.2 cm³/mol. The van der Waals surface area contributed by atoms with Crippen molar-refractivity contribution in [2.75, 3.05) is 5.75 Å². The molecule has 0 aliphatic heterocycles. The molecule has 6 heteroatoms. The molecule has 0 heterocycles. The maximum atomic E-state index is 10.8. The molecule has 90 valence electrons. The molecular weight excluding hydrogens is 232 g/mol. The summed E-state index contributed by atoms with van der Waals surface area (Å²) < 4.78 is 30.4. The Labute approximate surface area is 94.1 Å². The Balaban J connectivity index is 3.17. The first kappa shape index (κ1) is 12.8. The van der Waals surface area contributed by atoms with Crippen LogP contribution in [-0.4, -0.2) is 28.9 Å². The Morgan fingerprint density at radius 2 is 1.81 bits per heavy atom. The molecule has 1 aromatic rings. The number of benzene rings is 1. The zero-order chi connectivity index (χ0) is 12.6. The van der Waals surface area contributed by atoms with Gasteiger partial charge in [-0.3, -0.25) is 4.55 Å². The summed E-state index contributed by atoms with van der Waals surface area (Å²) in [6.45, 7) is 3.15. The summed E-state index contributed by atoms with van der Waals surface area (Å²) in [6.07, 6.45) is 0. The zero-order valence-corrected chi connectivity index (χ0v) is 9.82. The van der Waals surface area contributed by atoms with Crippen LogP contribution in [0.2, 0.25) is 0 Å². The van der Waals surface area contributed by atoms with Gasteiger partial charge in [-0.15, -0.1) is 0 Å². The first-order valence-electron chi connectivity index (χ1n) is 4.59. The Bertz CT molecular complexity index is 490. The summed E-state index contributed by atoms with van der Waals surface area (Å²) in [5.74, 6) is -0.809. The van der Waals surface area contributed by atoms with E-state index < -0.39 is 21.3 Å². The predicted octanol–water partition coefficient (Wildman–Crippen LogP) is 1.26. The van der Waals surface area contributed by atoms with Crippen LogP contribution < -0.4 is 0 Å². The van der Waals surface area contributed by atoms with E-state index in [0.717, 1.165) is 6.07 Å². The van der Waals surface area contributed by atoms with Crippen LogP contribution in [0.3, 0.4) is 0 Å². The molecule has 0 spiro atoms. The number of rotatable bonds is 3. The fourth-order valence-corrected chi connectivity index (χ4v) is 2.69. The molecule has 5 nitrogen and oxygen atoms in total. The molecule has 0 saturated carbocycles. The first-order chi connectivity index (χ1) is 7.12. The van der Waals surface area contributed by atoms with Gasteiger partial charge in [0.1, 0.15) is 11.5 Å². The lowest BCUT2D eigenvalue weighted by atomic mass is 9.86. The molecule has 0 atom stereocenters. The van der Waals surface area contributed by atoms with E-state index in [1.807, 2.05) is 0 Å². The molecule has 3 N–H and O–H groups in total. The second-order valence-electron chi connectivity index (χ2n) is 4.31. The third-order valence-electron chi connectivity index (χ3n) is 2.25. The molecule has 0 aromatic heterocycles. The summed E-state index contributed by atoms with van der Waals surface area (Å²) in [7, 11) is -4.13. The Kier molecular flexibility index (Phi) is 3.16. The van der Waals surface area contributed by atoms with Gasteiger partial charge in [-0.05, 0) is 6.07 Å². The lowest BCUT2D eigenvalue weighted by Gasteiger charge is -2.24. The molecule has 16 heavy (non-hydrogen) atoms. The smallest absolute Gasteiger partial charge is 0.265 e. The van der Waals surface area contributed by atoms with Gasteiger partial charge >= 0.3 is 0 Å². The van der Waals surface area contributed by atoms with Gasteiger partial charge in [-0.2, -0.15) is 8.42 Å². The van der Waals surface area contributed by atoms with Gasteiger partial charge in [0.25, 0.3) is 10.1 Å². The van der Waals surface area contributed by atoms with E-state index in [1.165, 1.54) is 12.1 Å². The fraction of sp³-hybridized carbons (Fsp3) is 0.400. The molecule has 0 aliphatic rings. The number of phenols is 2. The topological polar surface area (TPSA) is 94.8 Å². The van der Waals surface area contributed by atoms with Gasteiger partial charge < -0.3 is 10.2 Å². The lowest BCUT2D eigenvalue weighted by Crippen LogP contribution is -2.27. The average Bonchev–Trinajstić information content (AvgIpc) is 1.97. The van der Waals surface area contributed by atoms with Crippen molar-refractivity contribution >= 4 is 10.1 Å². The maximum absolute atomic E-state index is 10.8. The number of phenolic OH excluding ortho intramolecular Hbond substituents is 2. The molecular formula is C10H14O5S. The van der Waals surface area contributed by atoms with Crippen molar-refractivity contribution in [3.8, 4) is 11.5 Å². The fourth-order valence-electron chi connectivity index (χ4n) is 1.63. The molecule has 0 aliphatic carbocycles. The molecule has 0 amide bonds. The molecule has 1 rings (SSSR count). The SMILES string of the molecule is CC(C)(CS(=O)(=O)O)c1ccc(O)cc1O. The standard InChI is InChI=1S/C10H14O5S/c1-10(2,6-16(13,14)15)8-4-3-7(11)5-9(8)12/h3-5,11-12H,6H2,1-2H3,(H,13,14,15). The van der Waals surface area contributed by atoms with Crippen LogP contribution in [0.15, 0.2) is 18.2 Å². The first-order valence-corrected chi connectivity index (χ1v) is 6.20. The minimum atomic E-state index is -4.13. The highest BCUT2D eigenvalue weighted by atomic mass is 32.2. The van der Waals surface area contributed by atoms with Gasteiger partial charge in [-0.25, -0.2) is 0 Å². The van der Waals surface area contributed by atoms with Crippen molar-refractivity contribution in [2.24, 2.45) is 0 Å². The lowest BCUT2D eigenvalue weighted by molar-refractivity contribution is 0.425. The molecule has 0 fully saturated rings. The molecule has 0 unspecified atom stereocenters. The maximum Gasteiger partial charge on any atom is 0.265 e. The van der Waals surface area contributed by atoms with Crippen molar-refractivity contribution in [3.05, 3.63) is 23.8 Å². The van der Waals surface area contributed by atoms with E-state index in [9.17, 15) is 13.5 Å². The zero-order valence-electron chi connectivity index (χ0n) is 9.01. The summed E-state index contributed by atoms with van der Waals surface area (Å²) in [6, 6.07) is 3.90. The molecule has 0 saturated heterocycles. The summed E-state index contributed by atoms with van der Waals surface area (Å²) in [5.41, 5.74) is -0.589. The van der Waals surface area contributed by atoms with Crippen LogP contribution >= 0.6 is 0 Å². The van der Waals surface area contributed by atoms with Crippen LogP contribution in [0.25, 0.3) is 0 Å². The van der Waals surface area contributed by atoms with E-state index in [2.05, 4.69) is 0 Å². The Hall–Kier alpha value is -1.27. The quantitative estimate of drug-likeness (QED) is 0.698.